The number of nitrogens with one attached hydrogen (secondary N) is 1. The van der Waals surface area contributed by atoms with Crippen LogP contribution in [0.3, 0.4) is 0 Å². The molecule has 6 nitrogen and oxygen atoms in total. The molecule has 3 rings (SSSR count). The van der Waals surface area contributed by atoms with Crippen molar-refractivity contribution >= 4 is 5.96 Å². The van der Waals surface area contributed by atoms with Crippen LogP contribution in [0.4, 0.5) is 0 Å². The second-order valence-electron chi connectivity index (χ2n) is 7.47. The van der Waals surface area contributed by atoms with E-state index in [1.54, 1.807) is 21.3 Å². The lowest BCUT2D eigenvalue weighted by molar-refractivity contribution is 0.354. The molecule has 6 heteroatoms. The van der Waals surface area contributed by atoms with Gasteiger partial charge in [-0.3, -0.25) is 4.99 Å². The van der Waals surface area contributed by atoms with Gasteiger partial charge in [0.15, 0.2) is 17.5 Å². The lowest BCUT2D eigenvalue weighted by Gasteiger charge is -2.22. The summed E-state index contributed by atoms with van der Waals surface area (Å²) in [5.74, 6) is 3.96. The van der Waals surface area contributed by atoms with Gasteiger partial charge in [-0.05, 0) is 54.7 Å². The fraction of sp³-hybridized carbons (Fsp3) is 0.458. The van der Waals surface area contributed by atoms with Crippen molar-refractivity contribution in [3.8, 4) is 17.2 Å². The Bertz CT molecular complexity index is 836. The van der Waals surface area contributed by atoms with Crippen LogP contribution in [0.5, 0.6) is 17.2 Å². The Kier molecular flexibility index (Phi) is 7.82. The molecule has 0 aromatic heterocycles. The van der Waals surface area contributed by atoms with Crippen molar-refractivity contribution in [2.24, 2.45) is 4.99 Å². The van der Waals surface area contributed by atoms with Crippen LogP contribution in [-0.2, 0) is 6.42 Å². The van der Waals surface area contributed by atoms with E-state index >= 15 is 0 Å². The Morgan fingerprint density at radius 1 is 1.03 bits per heavy atom. The molecule has 1 aliphatic rings. The lowest BCUT2D eigenvalue weighted by atomic mass is 9.98. The molecule has 2 aromatic carbocycles. The molecule has 0 amide bonds. The summed E-state index contributed by atoms with van der Waals surface area (Å²) in [4.78, 5) is 6.85. The van der Waals surface area contributed by atoms with Gasteiger partial charge >= 0.3 is 0 Å². The molecular formula is C24H33N3O3. The van der Waals surface area contributed by atoms with Crippen LogP contribution in [0.25, 0.3) is 0 Å². The van der Waals surface area contributed by atoms with E-state index in [1.165, 1.54) is 11.1 Å². The maximum Gasteiger partial charge on any atom is 0.193 e. The number of likely N-dealkylation sites (tertiary alicyclic amines) is 1. The number of guanidine groups is 1. The van der Waals surface area contributed by atoms with Gasteiger partial charge in [-0.15, -0.1) is 0 Å². The predicted octanol–water partition coefficient (Wildman–Crippen LogP) is 3.71. The zero-order valence-corrected chi connectivity index (χ0v) is 18.5. The summed E-state index contributed by atoms with van der Waals surface area (Å²) >= 11 is 0. The number of ether oxygens (including phenoxy) is 3. The van der Waals surface area contributed by atoms with Gasteiger partial charge in [0.1, 0.15) is 5.75 Å². The van der Waals surface area contributed by atoms with Gasteiger partial charge in [-0.1, -0.05) is 18.2 Å². The average Bonchev–Trinajstić information content (AvgIpc) is 3.29. The van der Waals surface area contributed by atoms with E-state index in [4.69, 9.17) is 14.2 Å². The molecule has 0 radical (unpaired) electrons. The minimum absolute atomic E-state index is 0.529. The van der Waals surface area contributed by atoms with Gasteiger partial charge in [0.05, 0.1) is 21.3 Å². The number of nitrogens with zero attached hydrogens (tertiary/aromatic N) is 2. The summed E-state index contributed by atoms with van der Waals surface area (Å²) in [5.41, 5.74) is 2.60. The molecule has 2 aromatic rings. The van der Waals surface area contributed by atoms with Crippen LogP contribution in [-0.4, -0.2) is 58.9 Å². The Hall–Kier alpha value is -2.89. The van der Waals surface area contributed by atoms with Gasteiger partial charge in [0, 0.05) is 32.6 Å². The first-order chi connectivity index (χ1) is 14.7. The molecule has 1 N–H and O–H groups in total. The summed E-state index contributed by atoms with van der Waals surface area (Å²) in [6.07, 6.45) is 3.13. The molecule has 1 fully saturated rings. The molecule has 1 saturated heterocycles. The van der Waals surface area contributed by atoms with Gasteiger partial charge in [-0.2, -0.15) is 0 Å². The monoisotopic (exact) mass is 411 g/mol. The maximum atomic E-state index is 5.39. The molecule has 1 unspecified atom stereocenters. The quantitative estimate of drug-likeness (QED) is 0.408. The highest BCUT2D eigenvalue weighted by atomic mass is 16.5. The van der Waals surface area contributed by atoms with Crippen LogP contribution in [0, 0.1) is 0 Å². The largest absolute Gasteiger partial charge is 0.497 e. The zero-order chi connectivity index (χ0) is 21.3. The smallest absolute Gasteiger partial charge is 0.193 e. The standard InChI is InChI=1S/C24H33N3O3/c1-25-24(26-14-5-6-18-7-12-22(29-3)23(16-18)30-4)27-15-13-20(17-27)19-8-10-21(28-2)11-9-19/h7-12,16,20H,5-6,13-15,17H2,1-4H3,(H,25,26). The lowest BCUT2D eigenvalue weighted by Crippen LogP contribution is -2.40. The Labute approximate surface area is 179 Å². The maximum absolute atomic E-state index is 5.39. The molecule has 162 valence electrons. The SMILES string of the molecule is CN=C(NCCCc1ccc(OC)c(OC)c1)N1CCC(c2ccc(OC)cc2)C1. The highest BCUT2D eigenvalue weighted by Crippen LogP contribution is 2.29. The van der Waals surface area contributed by atoms with E-state index < -0.39 is 0 Å². The van der Waals surface area contributed by atoms with E-state index in [0.29, 0.717) is 5.92 Å². The van der Waals surface area contributed by atoms with Crippen molar-refractivity contribution in [2.45, 2.75) is 25.2 Å². The van der Waals surface area contributed by atoms with E-state index in [0.717, 1.165) is 62.1 Å². The molecule has 0 bridgehead atoms. The van der Waals surface area contributed by atoms with Crippen molar-refractivity contribution in [1.29, 1.82) is 0 Å². The summed E-state index contributed by atoms with van der Waals surface area (Å²) in [6, 6.07) is 14.5. The van der Waals surface area contributed by atoms with Crippen LogP contribution in [0.15, 0.2) is 47.5 Å². The Balaban J connectivity index is 1.47. The van der Waals surface area contributed by atoms with E-state index in [9.17, 15) is 0 Å². The summed E-state index contributed by atoms with van der Waals surface area (Å²) in [5, 5.41) is 3.52. The second kappa shape index (κ2) is 10.8. The third kappa shape index (κ3) is 5.38. The van der Waals surface area contributed by atoms with Crippen molar-refractivity contribution in [3.05, 3.63) is 53.6 Å². The van der Waals surface area contributed by atoms with Gasteiger partial charge in [0.2, 0.25) is 0 Å². The number of rotatable bonds is 8. The molecular weight excluding hydrogens is 378 g/mol. The van der Waals surface area contributed by atoms with Crippen molar-refractivity contribution in [2.75, 3.05) is 48.0 Å². The number of hydrogen-bond acceptors (Lipinski definition) is 4. The number of methoxy groups -OCH3 is 3. The summed E-state index contributed by atoms with van der Waals surface area (Å²) < 4.78 is 16.0. The van der Waals surface area contributed by atoms with E-state index in [-0.39, 0.29) is 0 Å². The third-order valence-electron chi connectivity index (χ3n) is 5.66. The molecule has 0 aliphatic carbocycles. The second-order valence-corrected chi connectivity index (χ2v) is 7.47. The number of hydrogen-bond donors (Lipinski definition) is 1. The van der Waals surface area contributed by atoms with Gasteiger partial charge < -0.3 is 24.4 Å². The highest BCUT2D eigenvalue weighted by Gasteiger charge is 2.25. The van der Waals surface area contributed by atoms with Crippen LogP contribution < -0.4 is 19.5 Å². The predicted molar refractivity (Wildman–Crippen MR) is 121 cm³/mol. The number of aryl methyl sites for hydroxylation is 1. The molecule has 30 heavy (non-hydrogen) atoms. The van der Waals surface area contributed by atoms with E-state index in [2.05, 4.69) is 33.4 Å². The first-order valence-corrected chi connectivity index (χ1v) is 10.5. The van der Waals surface area contributed by atoms with Crippen molar-refractivity contribution in [3.63, 3.8) is 0 Å². The first-order valence-electron chi connectivity index (χ1n) is 10.5. The summed E-state index contributed by atoms with van der Waals surface area (Å²) in [6.45, 7) is 2.89. The molecule has 1 atom stereocenters. The number of aliphatic imine (C=N–C) groups is 1. The molecule has 0 spiro atoms. The fourth-order valence-electron chi connectivity index (χ4n) is 3.96. The van der Waals surface area contributed by atoms with Crippen LogP contribution >= 0.6 is 0 Å². The first kappa shape index (κ1) is 21.8. The van der Waals surface area contributed by atoms with Crippen LogP contribution in [0.2, 0.25) is 0 Å². The minimum Gasteiger partial charge on any atom is -0.497 e. The van der Waals surface area contributed by atoms with Crippen LogP contribution in [0.1, 0.15) is 29.9 Å². The molecule has 0 saturated carbocycles. The summed E-state index contributed by atoms with van der Waals surface area (Å²) in [7, 11) is 6.89. The van der Waals surface area contributed by atoms with Gasteiger partial charge in [0.25, 0.3) is 0 Å². The van der Waals surface area contributed by atoms with E-state index in [1.807, 2.05) is 31.3 Å². The normalized spacial score (nSPS) is 16.5. The molecule has 1 aliphatic heterocycles. The zero-order valence-electron chi connectivity index (χ0n) is 18.5. The third-order valence-corrected chi connectivity index (χ3v) is 5.66. The Morgan fingerprint density at radius 2 is 1.80 bits per heavy atom. The Morgan fingerprint density at radius 3 is 2.47 bits per heavy atom. The van der Waals surface area contributed by atoms with Crippen molar-refractivity contribution < 1.29 is 14.2 Å². The minimum atomic E-state index is 0.529. The van der Waals surface area contributed by atoms with Gasteiger partial charge in [-0.25, -0.2) is 0 Å². The fourth-order valence-corrected chi connectivity index (χ4v) is 3.96. The highest BCUT2D eigenvalue weighted by molar-refractivity contribution is 5.80. The number of benzene rings is 2. The van der Waals surface area contributed by atoms with Crippen molar-refractivity contribution in [1.82, 2.24) is 10.2 Å². The topological polar surface area (TPSA) is 55.3 Å². The molecule has 1 heterocycles. The average molecular weight is 412 g/mol.